The van der Waals surface area contributed by atoms with Gasteiger partial charge < -0.3 is 15.1 Å². The van der Waals surface area contributed by atoms with E-state index in [1.807, 2.05) is 31.2 Å². The summed E-state index contributed by atoms with van der Waals surface area (Å²) >= 11 is 0. The number of hydrogen-bond acceptors (Lipinski definition) is 3. The fraction of sp³-hybridized carbons (Fsp3) is 0.312. The van der Waals surface area contributed by atoms with Crippen LogP contribution in [0.25, 0.3) is 0 Å². The van der Waals surface area contributed by atoms with Gasteiger partial charge in [-0.3, -0.25) is 4.79 Å². The molecule has 2 N–H and O–H groups in total. The number of benzene rings is 1. The summed E-state index contributed by atoms with van der Waals surface area (Å²) < 4.78 is 5.30. The maximum atomic E-state index is 12.1. The minimum absolute atomic E-state index is 0.0532. The molecule has 1 aliphatic rings. The first kappa shape index (κ1) is 12.8. The van der Waals surface area contributed by atoms with Gasteiger partial charge in [-0.25, -0.2) is 0 Å². The van der Waals surface area contributed by atoms with Crippen LogP contribution in [-0.2, 0) is 4.79 Å². The van der Waals surface area contributed by atoms with Gasteiger partial charge in [0.05, 0.1) is 12.3 Å². The average molecular weight is 270 g/mol. The van der Waals surface area contributed by atoms with Crippen molar-refractivity contribution in [2.75, 3.05) is 11.9 Å². The smallest absolute Gasteiger partial charge is 0.221 e. The molecule has 1 aliphatic heterocycles. The van der Waals surface area contributed by atoms with Crippen molar-refractivity contribution in [1.82, 2.24) is 5.32 Å². The van der Waals surface area contributed by atoms with E-state index < -0.39 is 0 Å². The van der Waals surface area contributed by atoms with Crippen LogP contribution in [0, 0.1) is 0 Å². The molecule has 0 bridgehead atoms. The Morgan fingerprint density at radius 3 is 3.05 bits per heavy atom. The Morgan fingerprint density at radius 2 is 2.25 bits per heavy atom. The van der Waals surface area contributed by atoms with Crippen molar-refractivity contribution in [3.05, 3.63) is 54.0 Å². The van der Waals surface area contributed by atoms with Crippen LogP contribution in [0.15, 0.2) is 47.1 Å². The third-order valence-corrected chi connectivity index (χ3v) is 3.72. The van der Waals surface area contributed by atoms with E-state index in [0.29, 0.717) is 6.42 Å². The highest BCUT2D eigenvalue weighted by Crippen LogP contribution is 2.33. The zero-order chi connectivity index (χ0) is 13.9. The molecule has 0 aliphatic carbocycles. The predicted octanol–water partition coefficient (Wildman–Crippen LogP) is 3.06. The van der Waals surface area contributed by atoms with Crippen molar-refractivity contribution < 1.29 is 9.21 Å². The summed E-state index contributed by atoms with van der Waals surface area (Å²) in [5, 5.41) is 6.32. The fourth-order valence-electron chi connectivity index (χ4n) is 2.67. The maximum Gasteiger partial charge on any atom is 0.221 e. The van der Waals surface area contributed by atoms with E-state index in [4.69, 9.17) is 4.42 Å². The minimum atomic E-state index is -0.0953. The number of carbonyl (C=O) groups excluding carboxylic acids is 1. The lowest BCUT2D eigenvalue weighted by Gasteiger charge is -2.14. The van der Waals surface area contributed by atoms with Crippen molar-refractivity contribution in [3.63, 3.8) is 0 Å². The van der Waals surface area contributed by atoms with Gasteiger partial charge in [-0.2, -0.15) is 0 Å². The second-order valence-corrected chi connectivity index (χ2v) is 5.17. The van der Waals surface area contributed by atoms with Crippen LogP contribution in [-0.4, -0.2) is 12.5 Å². The fourth-order valence-corrected chi connectivity index (χ4v) is 2.67. The Hall–Kier alpha value is -2.23. The average Bonchev–Trinajstić information content (AvgIpc) is 3.09. The quantitative estimate of drug-likeness (QED) is 0.897. The molecule has 1 unspecified atom stereocenters. The SMILES string of the molecule is C[C@@H](NC(=O)CC1CNc2ccccc21)c1ccco1. The molecule has 2 heterocycles. The van der Waals surface area contributed by atoms with Gasteiger partial charge in [0.15, 0.2) is 0 Å². The number of anilines is 1. The second kappa shape index (κ2) is 5.41. The molecule has 1 amide bonds. The molecule has 4 heteroatoms. The number of carbonyl (C=O) groups is 1. The summed E-state index contributed by atoms with van der Waals surface area (Å²) in [6, 6.07) is 11.8. The van der Waals surface area contributed by atoms with Crippen LogP contribution in [0.3, 0.4) is 0 Å². The molecule has 0 spiro atoms. The van der Waals surface area contributed by atoms with E-state index >= 15 is 0 Å². The Bertz CT molecular complexity index is 592. The maximum absolute atomic E-state index is 12.1. The number of hydrogen-bond donors (Lipinski definition) is 2. The highest BCUT2D eigenvalue weighted by Gasteiger charge is 2.24. The van der Waals surface area contributed by atoms with Gasteiger partial charge in [-0.05, 0) is 30.7 Å². The van der Waals surface area contributed by atoms with Crippen LogP contribution in [0.2, 0.25) is 0 Å². The van der Waals surface area contributed by atoms with Gasteiger partial charge in [0, 0.05) is 24.6 Å². The molecule has 0 fully saturated rings. The van der Waals surface area contributed by atoms with Gasteiger partial charge >= 0.3 is 0 Å². The van der Waals surface area contributed by atoms with Crippen LogP contribution in [0.4, 0.5) is 5.69 Å². The Kier molecular flexibility index (Phi) is 3.46. The van der Waals surface area contributed by atoms with E-state index in [0.717, 1.165) is 18.0 Å². The molecule has 2 aromatic rings. The van der Waals surface area contributed by atoms with Gasteiger partial charge in [0.1, 0.15) is 5.76 Å². The Morgan fingerprint density at radius 1 is 1.40 bits per heavy atom. The van der Waals surface area contributed by atoms with E-state index in [9.17, 15) is 4.79 Å². The molecule has 0 saturated heterocycles. The molecule has 1 aromatic carbocycles. The molecule has 1 aromatic heterocycles. The van der Waals surface area contributed by atoms with Crippen LogP contribution in [0.1, 0.15) is 36.6 Å². The normalized spacial score (nSPS) is 18.1. The predicted molar refractivity (Wildman–Crippen MR) is 77.6 cm³/mol. The number of amides is 1. The third-order valence-electron chi connectivity index (χ3n) is 3.72. The molecule has 0 saturated carbocycles. The van der Waals surface area contributed by atoms with Crippen LogP contribution >= 0.6 is 0 Å². The third kappa shape index (κ3) is 2.54. The molecule has 3 rings (SSSR count). The summed E-state index contributed by atoms with van der Waals surface area (Å²) in [6.07, 6.45) is 2.12. The number of nitrogens with one attached hydrogen (secondary N) is 2. The lowest BCUT2D eigenvalue weighted by Crippen LogP contribution is -2.28. The zero-order valence-corrected chi connectivity index (χ0v) is 11.4. The molecule has 20 heavy (non-hydrogen) atoms. The van der Waals surface area contributed by atoms with Gasteiger partial charge in [-0.1, -0.05) is 18.2 Å². The molecular formula is C16H18N2O2. The first-order valence-electron chi connectivity index (χ1n) is 6.89. The number of rotatable bonds is 4. The van der Waals surface area contributed by atoms with Crippen molar-refractivity contribution in [3.8, 4) is 0 Å². The lowest BCUT2D eigenvalue weighted by molar-refractivity contribution is -0.122. The zero-order valence-electron chi connectivity index (χ0n) is 11.4. The van der Waals surface area contributed by atoms with E-state index in [-0.39, 0.29) is 17.9 Å². The summed E-state index contributed by atoms with van der Waals surface area (Å²) in [7, 11) is 0. The second-order valence-electron chi connectivity index (χ2n) is 5.17. The highest BCUT2D eigenvalue weighted by atomic mass is 16.3. The minimum Gasteiger partial charge on any atom is -0.467 e. The first-order valence-corrected chi connectivity index (χ1v) is 6.89. The first-order chi connectivity index (χ1) is 9.74. The largest absolute Gasteiger partial charge is 0.467 e. The standard InChI is InChI=1S/C16H18N2O2/c1-11(15-7-4-8-20-15)18-16(19)9-12-10-17-14-6-3-2-5-13(12)14/h2-8,11-12,17H,9-10H2,1H3,(H,18,19)/t11-,12?/m1/s1. The summed E-state index contributed by atoms with van der Waals surface area (Å²) in [5.41, 5.74) is 2.37. The van der Waals surface area contributed by atoms with Crippen molar-refractivity contribution >= 4 is 11.6 Å². The monoisotopic (exact) mass is 270 g/mol. The molecular weight excluding hydrogens is 252 g/mol. The molecule has 104 valence electrons. The van der Waals surface area contributed by atoms with Crippen molar-refractivity contribution in [2.45, 2.75) is 25.3 Å². The topological polar surface area (TPSA) is 54.3 Å². The molecule has 4 nitrogen and oxygen atoms in total. The number of fused-ring (bicyclic) bond motifs is 1. The Labute approximate surface area is 118 Å². The Balaban J connectivity index is 1.60. The van der Waals surface area contributed by atoms with Crippen LogP contribution < -0.4 is 10.6 Å². The van der Waals surface area contributed by atoms with Crippen LogP contribution in [0.5, 0.6) is 0 Å². The van der Waals surface area contributed by atoms with E-state index in [2.05, 4.69) is 22.8 Å². The lowest BCUT2D eigenvalue weighted by atomic mass is 9.97. The van der Waals surface area contributed by atoms with Crippen molar-refractivity contribution in [1.29, 1.82) is 0 Å². The summed E-state index contributed by atoms with van der Waals surface area (Å²) in [5.74, 6) is 1.08. The van der Waals surface area contributed by atoms with Gasteiger partial charge in [0.25, 0.3) is 0 Å². The van der Waals surface area contributed by atoms with Crippen molar-refractivity contribution in [2.24, 2.45) is 0 Å². The summed E-state index contributed by atoms with van der Waals surface area (Å²) in [4.78, 5) is 12.1. The number of para-hydroxylation sites is 1. The van der Waals surface area contributed by atoms with E-state index in [1.165, 1.54) is 5.56 Å². The summed E-state index contributed by atoms with van der Waals surface area (Å²) in [6.45, 7) is 2.75. The highest BCUT2D eigenvalue weighted by molar-refractivity contribution is 5.78. The van der Waals surface area contributed by atoms with Gasteiger partial charge in [-0.15, -0.1) is 0 Å². The molecule has 0 radical (unpaired) electrons. The van der Waals surface area contributed by atoms with Gasteiger partial charge in [0.2, 0.25) is 5.91 Å². The molecule has 2 atom stereocenters. The number of furan rings is 1. The van der Waals surface area contributed by atoms with E-state index in [1.54, 1.807) is 6.26 Å².